The zero-order valence-corrected chi connectivity index (χ0v) is 13.5. The summed E-state index contributed by atoms with van der Waals surface area (Å²) in [6.45, 7) is 0. The smallest absolute Gasteiger partial charge is 0.116 e. The Morgan fingerprint density at radius 1 is 0.440 bits per heavy atom. The van der Waals surface area contributed by atoms with E-state index >= 15 is 0 Å². The summed E-state index contributed by atoms with van der Waals surface area (Å²) >= 11 is 0. The normalized spacial score (nSPS) is 12.2. The molecule has 0 bridgehead atoms. The molecule has 0 aliphatic carbocycles. The highest BCUT2D eigenvalue weighted by atomic mass is 16.3. The van der Waals surface area contributed by atoms with Gasteiger partial charge in [-0.2, -0.15) is 0 Å². The molecule has 0 fully saturated rings. The molecule has 25 heavy (non-hydrogen) atoms. The fraction of sp³-hybridized carbons (Fsp3) is 0. The van der Waals surface area contributed by atoms with E-state index in [1.165, 1.54) is 48.5 Å². The van der Waals surface area contributed by atoms with Crippen LogP contribution in [0.3, 0.4) is 0 Å². The molecular formula is C24H14O. The predicted octanol–water partition coefficient (Wildman–Crippen LogP) is 6.60. The molecule has 1 heteroatoms. The highest BCUT2D eigenvalue weighted by molar-refractivity contribution is 6.37. The average molecular weight is 318 g/mol. The van der Waals surface area contributed by atoms with Crippen LogP contribution in [0.15, 0.2) is 78.9 Å². The van der Waals surface area contributed by atoms with Gasteiger partial charge in [0.15, 0.2) is 0 Å². The number of hydrogen-bond donors (Lipinski definition) is 1. The summed E-state index contributed by atoms with van der Waals surface area (Å²) in [6, 6.07) is 27.5. The topological polar surface area (TPSA) is 20.2 Å². The van der Waals surface area contributed by atoms with Gasteiger partial charge in [0.1, 0.15) is 5.75 Å². The molecule has 0 amide bonds. The molecule has 1 nitrogen and oxygen atoms in total. The van der Waals surface area contributed by atoms with Crippen LogP contribution in [0, 0.1) is 0 Å². The Morgan fingerprint density at radius 3 is 1.84 bits per heavy atom. The van der Waals surface area contributed by atoms with E-state index in [0.29, 0.717) is 5.75 Å². The minimum absolute atomic E-state index is 0.309. The van der Waals surface area contributed by atoms with E-state index in [-0.39, 0.29) is 0 Å². The molecule has 116 valence electrons. The van der Waals surface area contributed by atoms with Crippen molar-refractivity contribution in [1.82, 2.24) is 0 Å². The van der Waals surface area contributed by atoms with Gasteiger partial charge in [-0.1, -0.05) is 66.7 Å². The van der Waals surface area contributed by atoms with Gasteiger partial charge in [0.05, 0.1) is 0 Å². The minimum atomic E-state index is 0.309. The Kier molecular flexibility index (Phi) is 2.29. The van der Waals surface area contributed by atoms with Crippen molar-refractivity contribution < 1.29 is 5.11 Å². The molecule has 0 radical (unpaired) electrons. The van der Waals surface area contributed by atoms with Crippen LogP contribution in [0.1, 0.15) is 0 Å². The number of aromatic hydroxyl groups is 1. The van der Waals surface area contributed by atoms with Gasteiger partial charge in [-0.05, 0) is 66.0 Å². The van der Waals surface area contributed by atoms with Crippen LogP contribution in [-0.4, -0.2) is 5.11 Å². The van der Waals surface area contributed by atoms with Gasteiger partial charge < -0.3 is 5.11 Å². The Bertz CT molecular complexity index is 1440. The number of rotatable bonds is 0. The summed E-state index contributed by atoms with van der Waals surface area (Å²) in [5.41, 5.74) is 0. The van der Waals surface area contributed by atoms with Crippen LogP contribution in [-0.2, 0) is 0 Å². The molecule has 0 aliphatic rings. The van der Waals surface area contributed by atoms with Gasteiger partial charge in [0, 0.05) is 0 Å². The SMILES string of the molecule is Oc1ccc2c(ccc3c4cccc5ccc6cccc(c23)c6c54)c1. The van der Waals surface area contributed by atoms with Crippen molar-refractivity contribution in [2.45, 2.75) is 0 Å². The molecule has 0 saturated heterocycles. The molecule has 0 aliphatic heterocycles. The highest BCUT2D eigenvalue weighted by Gasteiger charge is 2.14. The lowest BCUT2D eigenvalue weighted by atomic mass is 9.87. The number of fused-ring (bicyclic) bond motifs is 5. The fourth-order valence-corrected chi connectivity index (χ4v) is 4.42. The predicted molar refractivity (Wildman–Crippen MR) is 107 cm³/mol. The number of hydrogen-bond acceptors (Lipinski definition) is 1. The Labute approximate surface area is 144 Å². The molecule has 6 rings (SSSR count). The first-order valence-electron chi connectivity index (χ1n) is 8.52. The van der Waals surface area contributed by atoms with Crippen LogP contribution in [0.2, 0.25) is 0 Å². The Morgan fingerprint density at radius 2 is 1.04 bits per heavy atom. The lowest BCUT2D eigenvalue weighted by molar-refractivity contribution is 0.476. The maximum atomic E-state index is 9.87. The molecule has 0 saturated carbocycles. The van der Waals surface area contributed by atoms with E-state index in [2.05, 4.69) is 60.7 Å². The van der Waals surface area contributed by atoms with Crippen molar-refractivity contribution in [1.29, 1.82) is 0 Å². The standard InChI is InChI=1S/C24H14O/c25-17-10-12-18-16(13-17)9-11-20-19-5-1-3-14-7-8-15-4-2-6-21(24(18)20)23(15)22(14)19/h1-13,25H. The second-order valence-electron chi connectivity index (χ2n) is 6.77. The summed E-state index contributed by atoms with van der Waals surface area (Å²) in [4.78, 5) is 0. The van der Waals surface area contributed by atoms with E-state index < -0.39 is 0 Å². The first-order valence-corrected chi connectivity index (χ1v) is 8.52. The van der Waals surface area contributed by atoms with E-state index in [4.69, 9.17) is 0 Å². The summed E-state index contributed by atoms with van der Waals surface area (Å²) in [7, 11) is 0. The van der Waals surface area contributed by atoms with Crippen LogP contribution >= 0.6 is 0 Å². The average Bonchev–Trinajstić information content (AvgIpc) is 2.66. The molecular weight excluding hydrogens is 304 g/mol. The van der Waals surface area contributed by atoms with Crippen LogP contribution in [0.25, 0.3) is 53.9 Å². The highest BCUT2D eigenvalue weighted by Crippen LogP contribution is 2.43. The van der Waals surface area contributed by atoms with Crippen molar-refractivity contribution >= 4 is 53.9 Å². The minimum Gasteiger partial charge on any atom is -0.508 e. The Balaban J connectivity index is 2.07. The first kappa shape index (κ1) is 13.0. The lowest BCUT2D eigenvalue weighted by Crippen LogP contribution is -1.88. The third-order valence-corrected chi connectivity index (χ3v) is 5.45. The largest absolute Gasteiger partial charge is 0.508 e. The lowest BCUT2D eigenvalue weighted by Gasteiger charge is -2.16. The molecule has 6 aromatic rings. The molecule has 0 spiro atoms. The molecule has 0 aromatic heterocycles. The molecule has 0 unspecified atom stereocenters. The third-order valence-electron chi connectivity index (χ3n) is 5.45. The van der Waals surface area contributed by atoms with Crippen molar-refractivity contribution in [2.75, 3.05) is 0 Å². The number of benzene rings is 6. The van der Waals surface area contributed by atoms with Crippen LogP contribution < -0.4 is 0 Å². The zero-order valence-electron chi connectivity index (χ0n) is 13.5. The van der Waals surface area contributed by atoms with E-state index in [9.17, 15) is 5.11 Å². The first-order chi connectivity index (χ1) is 12.3. The third kappa shape index (κ3) is 1.58. The maximum absolute atomic E-state index is 9.87. The van der Waals surface area contributed by atoms with Crippen molar-refractivity contribution in [3.63, 3.8) is 0 Å². The van der Waals surface area contributed by atoms with Gasteiger partial charge in [-0.15, -0.1) is 0 Å². The van der Waals surface area contributed by atoms with E-state index in [1.54, 1.807) is 6.07 Å². The van der Waals surface area contributed by atoms with Crippen molar-refractivity contribution in [3.8, 4) is 5.75 Å². The van der Waals surface area contributed by atoms with Crippen LogP contribution in [0.5, 0.6) is 5.75 Å². The van der Waals surface area contributed by atoms with Crippen molar-refractivity contribution in [2.24, 2.45) is 0 Å². The van der Waals surface area contributed by atoms with Gasteiger partial charge >= 0.3 is 0 Å². The molecule has 1 N–H and O–H groups in total. The monoisotopic (exact) mass is 318 g/mol. The fourth-order valence-electron chi connectivity index (χ4n) is 4.42. The molecule has 6 aromatic carbocycles. The van der Waals surface area contributed by atoms with Gasteiger partial charge in [0.25, 0.3) is 0 Å². The zero-order chi connectivity index (χ0) is 16.5. The van der Waals surface area contributed by atoms with Gasteiger partial charge in [-0.3, -0.25) is 0 Å². The summed E-state index contributed by atoms with van der Waals surface area (Å²) in [6.07, 6.45) is 0. The number of phenolic OH excluding ortho intramolecular Hbond substituents is 1. The van der Waals surface area contributed by atoms with E-state index in [1.807, 2.05) is 12.1 Å². The summed E-state index contributed by atoms with van der Waals surface area (Å²) < 4.78 is 0. The summed E-state index contributed by atoms with van der Waals surface area (Å²) in [5, 5.41) is 22.5. The van der Waals surface area contributed by atoms with Gasteiger partial charge in [-0.25, -0.2) is 0 Å². The van der Waals surface area contributed by atoms with Crippen LogP contribution in [0.4, 0.5) is 0 Å². The Hall–Kier alpha value is -3.32. The van der Waals surface area contributed by atoms with Gasteiger partial charge in [0.2, 0.25) is 0 Å². The maximum Gasteiger partial charge on any atom is 0.116 e. The number of phenols is 1. The summed E-state index contributed by atoms with van der Waals surface area (Å²) in [5.74, 6) is 0.309. The second kappa shape index (κ2) is 4.40. The molecule has 0 atom stereocenters. The second-order valence-corrected chi connectivity index (χ2v) is 6.77. The molecule has 0 heterocycles. The van der Waals surface area contributed by atoms with Crippen molar-refractivity contribution in [3.05, 3.63) is 78.9 Å². The van der Waals surface area contributed by atoms with E-state index in [0.717, 1.165) is 5.39 Å². The quantitative estimate of drug-likeness (QED) is 0.247.